The summed E-state index contributed by atoms with van der Waals surface area (Å²) in [5.41, 5.74) is 18.7. The van der Waals surface area contributed by atoms with Gasteiger partial charge in [-0.25, -0.2) is 0 Å². The molecular formula is C54H48. The average Bonchev–Trinajstić information content (AvgIpc) is 3.68. The largest absolute Gasteiger partial charge is 0.0919 e. The van der Waals surface area contributed by atoms with E-state index in [0.29, 0.717) is 0 Å². The minimum absolute atomic E-state index is 0.375. The first-order chi connectivity index (χ1) is 26.6. The van der Waals surface area contributed by atoms with E-state index >= 15 is 0 Å². The van der Waals surface area contributed by atoms with Gasteiger partial charge in [0.1, 0.15) is 0 Å². The van der Waals surface area contributed by atoms with E-state index < -0.39 is 0 Å². The maximum atomic E-state index is 2.49. The smallest absolute Gasteiger partial charge is 0.0728 e. The van der Waals surface area contributed by atoms with Gasteiger partial charge in [0.2, 0.25) is 0 Å². The van der Waals surface area contributed by atoms with Crippen LogP contribution in [-0.4, -0.2) is 0 Å². The molecule has 0 aliphatic heterocycles. The van der Waals surface area contributed by atoms with E-state index in [9.17, 15) is 0 Å². The number of aryl methyl sites for hydroxylation is 1. The molecule has 0 radical (unpaired) electrons. The number of allylic oxidation sites excluding steroid dienone is 6. The van der Waals surface area contributed by atoms with Crippen molar-refractivity contribution in [1.29, 1.82) is 0 Å². The second-order valence-electron chi connectivity index (χ2n) is 14.6. The van der Waals surface area contributed by atoms with E-state index in [1.807, 2.05) is 26.0 Å². The lowest BCUT2D eigenvalue weighted by molar-refractivity contribution is 0.842. The van der Waals surface area contributed by atoms with Crippen molar-refractivity contribution in [2.75, 3.05) is 0 Å². The van der Waals surface area contributed by atoms with Crippen LogP contribution in [0.5, 0.6) is 0 Å². The molecular weight excluding hydrogens is 649 g/mol. The molecule has 0 saturated heterocycles. The molecule has 0 saturated carbocycles. The highest BCUT2D eigenvalue weighted by Gasteiger charge is 2.53. The maximum absolute atomic E-state index is 2.49. The van der Waals surface area contributed by atoms with Crippen molar-refractivity contribution < 1.29 is 0 Å². The molecule has 0 fully saturated rings. The number of fused-ring (bicyclic) bond motifs is 8. The van der Waals surface area contributed by atoms with Gasteiger partial charge in [-0.2, -0.15) is 0 Å². The fourth-order valence-corrected chi connectivity index (χ4v) is 8.83. The Hall–Kier alpha value is -5.98. The highest BCUT2D eigenvalue weighted by Crippen LogP contribution is 2.65. The quantitative estimate of drug-likeness (QED) is 0.146. The van der Waals surface area contributed by atoms with Crippen LogP contribution in [0.15, 0.2) is 182 Å². The molecule has 264 valence electrons. The van der Waals surface area contributed by atoms with Crippen molar-refractivity contribution in [3.05, 3.63) is 227 Å². The first-order valence-corrected chi connectivity index (χ1v) is 19.5. The van der Waals surface area contributed by atoms with Crippen LogP contribution in [0, 0.1) is 6.92 Å². The summed E-state index contributed by atoms with van der Waals surface area (Å²) in [6.45, 7) is 8.65. The van der Waals surface area contributed by atoms with Crippen LogP contribution >= 0.6 is 0 Å². The van der Waals surface area contributed by atoms with Crippen molar-refractivity contribution in [1.82, 2.24) is 0 Å². The van der Waals surface area contributed by atoms with Gasteiger partial charge in [0.25, 0.3) is 0 Å². The van der Waals surface area contributed by atoms with Gasteiger partial charge >= 0.3 is 0 Å². The van der Waals surface area contributed by atoms with Crippen LogP contribution in [0.25, 0.3) is 44.2 Å². The minimum atomic E-state index is -0.375. The highest BCUT2D eigenvalue weighted by atomic mass is 14.5. The molecule has 0 nitrogen and oxygen atoms in total. The molecule has 7 aromatic carbocycles. The number of hydrogen-bond donors (Lipinski definition) is 0. The van der Waals surface area contributed by atoms with Crippen LogP contribution in [-0.2, 0) is 18.3 Å². The van der Waals surface area contributed by atoms with E-state index in [1.54, 1.807) is 0 Å². The third-order valence-electron chi connectivity index (χ3n) is 11.4. The Morgan fingerprint density at radius 2 is 1.00 bits per heavy atom. The van der Waals surface area contributed by atoms with Gasteiger partial charge in [-0.3, -0.25) is 0 Å². The van der Waals surface area contributed by atoms with Crippen molar-refractivity contribution >= 4 is 21.9 Å². The Morgan fingerprint density at radius 3 is 1.59 bits per heavy atom. The SMILES string of the molecule is C/C=C\C.CCC1=C(c2ccc(-c3ccc(C/C=C\Cc4ccccc4)cc3)cc2C)C2(c3cc4ccccc4cc31)c1ccccc1-c1ccccc12. The van der Waals surface area contributed by atoms with Crippen LogP contribution in [0.2, 0.25) is 0 Å². The summed E-state index contributed by atoms with van der Waals surface area (Å²) in [7, 11) is 0. The zero-order valence-corrected chi connectivity index (χ0v) is 31.9. The Kier molecular flexibility index (Phi) is 9.85. The molecule has 0 heterocycles. The summed E-state index contributed by atoms with van der Waals surface area (Å²) in [6, 6.07) is 59.0. The molecule has 54 heavy (non-hydrogen) atoms. The molecule has 0 atom stereocenters. The molecule has 2 aliphatic carbocycles. The molecule has 0 N–H and O–H groups in total. The fourth-order valence-electron chi connectivity index (χ4n) is 8.83. The van der Waals surface area contributed by atoms with Crippen LogP contribution in [0.4, 0.5) is 0 Å². The van der Waals surface area contributed by atoms with Gasteiger partial charge in [-0.1, -0.05) is 177 Å². The number of rotatable bonds is 7. The van der Waals surface area contributed by atoms with E-state index in [0.717, 1.165) is 19.3 Å². The van der Waals surface area contributed by atoms with Crippen LogP contribution in [0.3, 0.4) is 0 Å². The predicted molar refractivity (Wildman–Crippen MR) is 233 cm³/mol. The summed E-state index contributed by atoms with van der Waals surface area (Å²) in [5.74, 6) is 0. The Bertz CT molecular complexity index is 2490. The molecule has 0 unspecified atom stereocenters. The van der Waals surface area contributed by atoms with Gasteiger partial charge < -0.3 is 0 Å². The highest BCUT2D eigenvalue weighted by molar-refractivity contribution is 6.11. The average molecular weight is 697 g/mol. The zero-order valence-electron chi connectivity index (χ0n) is 31.9. The molecule has 0 aromatic heterocycles. The monoisotopic (exact) mass is 696 g/mol. The van der Waals surface area contributed by atoms with Crippen LogP contribution in [0.1, 0.15) is 71.7 Å². The van der Waals surface area contributed by atoms with E-state index in [-0.39, 0.29) is 5.41 Å². The van der Waals surface area contributed by atoms with Gasteiger partial charge in [0.05, 0.1) is 5.41 Å². The van der Waals surface area contributed by atoms with Crippen molar-refractivity contribution in [2.24, 2.45) is 0 Å². The molecule has 0 heteroatoms. The van der Waals surface area contributed by atoms with Gasteiger partial charge in [0, 0.05) is 0 Å². The van der Waals surface area contributed by atoms with E-state index in [4.69, 9.17) is 0 Å². The van der Waals surface area contributed by atoms with Gasteiger partial charge in [-0.15, -0.1) is 0 Å². The van der Waals surface area contributed by atoms with Gasteiger partial charge in [-0.05, 0) is 141 Å². The van der Waals surface area contributed by atoms with Crippen molar-refractivity contribution in [3.63, 3.8) is 0 Å². The van der Waals surface area contributed by atoms with Gasteiger partial charge in [0.15, 0.2) is 0 Å². The first-order valence-electron chi connectivity index (χ1n) is 19.5. The Labute approximate surface area is 321 Å². The number of benzene rings is 7. The lowest BCUT2D eigenvalue weighted by Gasteiger charge is -2.34. The lowest BCUT2D eigenvalue weighted by atomic mass is 9.67. The fraction of sp³-hybridized carbons (Fsp3) is 0.148. The van der Waals surface area contributed by atoms with E-state index in [2.05, 4.69) is 184 Å². The zero-order chi connectivity index (χ0) is 37.1. The normalized spacial score (nSPS) is 13.7. The third-order valence-corrected chi connectivity index (χ3v) is 11.4. The topological polar surface area (TPSA) is 0 Å². The lowest BCUT2D eigenvalue weighted by Crippen LogP contribution is -2.27. The van der Waals surface area contributed by atoms with Crippen molar-refractivity contribution in [3.8, 4) is 22.3 Å². The van der Waals surface area contributed by atoms with Crippen molar-refractivity contribution in [2.45, 2.75) is 52.4 Å². The molecule has 1 spiro atoms. The van der Waals surface area contributed by atoms with E-state index in [1.165, 1.54) is 88.7 Å². The minimum Gasteiger partial charge on any atom is -0.0919 e. The summed E-state index contributed by atoms with van der Waals surface area (Å²) < 4.78 is 0. The predicted octanol–water partition coefficient (Wildman–Crippen LogP) is 14.4. The third kappa shape index (κ3) is 6.06. The molecule has 9 rings (SSSR count). The summed E-state index contributed by atoms with van der Waals surface area (Å²) in [6.07, 6.45) is 11.5. The summed E-state index contributed by atoms with van der Waals surface area (Å²) in [5, 5.41) is 2.60. The van der Waals surface area contributed by atoms with Crippen LogP contribution < -0.4 is 0 Å². The standard InChI is InChI=1S/C50H40.C4H8/c1-3-41-45-32-38-19-9-10-20-39(38)33-48(45)50(46-23-13-11-21-43(46)44-22-12-14-24-47(44)50)49(41)42-30-29-40(31-34(42)2)37-27-25-36(26-28-37)18-8-7-17-35-15-5-4-6-16-35;1-3-4-2/h4-16,19-33H,3,17-18H2,1-2H3;3-4H,1-2H3/b8-7-;4-3-. The summed E-state index contributed by atoms with van der Waals surface area (Å²) >= 11 is 0. The first kappa shape index (κ1) is 35.1. The summed E-state index contributed by atoms with van der Waals surface area (Å²) in [4.78, 5) is 0. The number of hydrogen-bond acceptors (Lipinski definition) is 0. The Morgan fingerprint density at radius 1 is 0.463 bits per heavy atom. The molecule has 0 amide bonds. The Balaban J connectivity index is 0.000000987. The second kappa shape index (κ2) is 15.2. The molecule has 7 aromatic rings. The molecule has 2 aliphatic rings. The maximum Gasteiger partial charge on any atom is 0.0728 e. The molecule has 0 bridgehead atoms. The second-order valence-corrected chi connectivity index (χ2v) is 14.6.